The molecule has 2 aromatic carbocycles. The zero-order chi connectivity index (χ0) is 18.1. The Hall–Kier alpha value is -2.92. The van der Waals surface area contributed by atoms with Crippen molar-refractivity contribution in [2.45, 2.75) is 19.4 Å². The number of aliphatic hydroxyl groups is 1. The van der Waals surface area contributed by atoms with Crippen LogP contribution in [0.2, 0.25) is 0 Å². The first-order valence-electron chi connectivity index (χ1n) is 7.95. The Bertz CT molecular complexity index is 747. The maximum absolute atomic E-state index is 11.5. The highest BCUT2D eigenvalue weighted by molar-refractivity contribution is 5.86. The fourth-order valence-electron chi connectivity index (χ4n) is 1.88. The van der Waals surface area contributed by atoms with Gasteiger partial charge in [0.1, 0.15) is 18.0 Å². The number of amides is 1. The highest BCUT2D eigenvalue weighted by atomic mass is 16.5. The third-order valence-corrected chi connectivity index (χ3v) is 3.25. The number of hydrogen-bond acceptors (Lipinski definition) is 4. The van der Waals surface area contributed by atoms with Crippen molar-refractivity contribution in [2.75, 3.05) is 6.61 Å². The molecule has 0 aliphatic rings. The summed E-state index contributed by atoms with van der Waals surface area (Å²) in [6, 6.07) is 17.3. The van der Waals surface area contributed by atoms with E-state index in [1.54, 1.807) is 0 Å². The Kier molecular flexibility index (Phi) is 6.48. The number of nitrogens with zero attached hydrogens (tertiary/aromatic N) is 1. The van der Waals surface area contributed by atoms with E-state index in [9.17, 15) is 9.90 Å². The van der Waals surface area contributed by atoms with Crippen molar-refractivity contribution < 1.29 is 14.6 Å². The highest BCUT2D eigenvalue weighted by Crippen LogP contribution is 2.12. The van der Waals surface area contributed by atoms with E-state index < -0.39 is 11.5 Å². The van der Waals surface area contributed by atoms with Crippen molar-refractivity contribution in [3.05, 3.63) is 71.8 Å². The Morgan fingerprint density at radius 2 is 1.88 bits per heavy atom. The van der Waals surface area contributed by atoms with Crippen molar-refractivity contribution in [3.63, 3.8) is 0 Å². The van der Waals surface area contributed by atoms with Crippen LogP contribution >= 0.6 is 0 Å². The second kappa shape index (κ2) is 8.80. The molecule has 0 aromatic heterocycles. The van der Waals surface area contributed by atoms with Crippen LogP contribution in [0.15, 0.2) is 65.8 Å². The van der Waals surface area contributed by atoms with Gasteiger partial charge in [0.2, 0.25) is 0 Å². The number of rotatable bonds is 7. The first kappa shape index (κ1) is 18.4. The van der Waals surface area contributed by atoms with E-state index in [4.69, 9.17) is 4.74 Å². The first-order valence-corrected chi connectivity index (χ1v) is 7.95. The van der Waals surface area contributed by atoms with Gasteiger partial charge in [-0.1, -0.05) is 48.5 Å². The Balaban J connectivity index is 1.86. The normalized spacial score (nSPS) is 11.8. The van der Waals surface area contributed by atoms with Gasteiger partial charge in [-0.15, -0.1) is 0 Å². The number of carbonyl (C=O) groups is 1. The molecule has 2 N–H and O–H groups in total. The second-order valence-corrected chi connectivity index (χ2v) is 5.95. The van der Waals surface area contributed by atoms with Crippen LogP contribution in [0.3, 0.4) is 0 Å². The average molecular weight is 338 g/mol. The number of ether oxygens (including phenoxy) is 1. The molecule has 2 rings (SSSR count). The third-order valence-electron chi connectivity index (χ3n) is 3.25. The van der Waals surface area contributed by atoms with Gasteiger partial charge in [0, 0.05) is 0 Å². The molecule has 1 amide bonds. The molecule has 0 aliphatic heterocycles. The minimum absolute atomic E-state index is 0.449. The number of carbonyl (C=O) groups excluding carboxylic acids is 1. The molecular weight excluding hydrogens is 316 g/mol. The second-order valence-electron chi connectivity index (χ2n) is 5.95. The molecule has 0 saturated carbocycles. The lowest BCUT2D eigenvalue weighted by molar-refractivity contribution is -0.136. The predicted octanol–water partition coefficient (Wildman–Crippen LogP) is 3.00. The lowest BCUT2D eigenvalue weighted by Gasteiger charge is -2.13. The molecule has 0 bridgehead atoms. The lowest BCUT2D eigenvalue weighted by Crippen LogP contribution is -2.39. The van der Waals surface area contributed by atoms with E-state index in [-0.39, 0.29) is 0 Å². The van der Waals surface area contributed by atoms with Crippen LogP contribution < -0.4 is 10.2 Å². The van der Waals surface area contributed by atoms with Crippen LogP contribution in [0.25, 0.3) is 6.08 Å². The third kappa shape index (κ3) is 6.61. The van der Waals surface area contributed by atoms with Gasteiger partial charge in [0.25, 0.3) is 5.91 Å². The fraction of sp³-hybridized carbons (Fsp3) is 0.200. The molecule has 0 radical (unpaired) electrons. The van der Waals surface area contributed by atoms with E-state index in [0.717, 1.165) is 11.1 Å². The maximum atomic E-state index is 11.5. The van der Waals surface area contributed by atoms with E-state index in [2.05, 4.69) is 10.5 Å². The molecule has 0 fully saturated rings. The van der Waals surface area contributed by atoms with Crippen LogP contribution in [-0.2, 0) is 4.79 Å². The average Bonchev–Trinajstić information content (AvgIpc) is 2.59. The van der Waals surface area contributed by atoms with Crippen LogP contribution in [0, 0.1) is 0 Å². The van der Waals surface area contributed by atoms with E-state index >= 15 is 0 Å². The van der Waals surface area contributed by atoms with Gasteiger partial charge >= 0.3 is 0 Å². The summed E-state index contributed by atoms with van der Waals surface area (Å²) < 4.78 is 5.67. The van der Waals surface area contributed by atoms with Gasteiger partial charge in [0.05, 0.1) is 6.21 Å². The zero-order valence-electron chi connectivity index (χ0n) is 14.3. The topological polar surface area (TPSA) is 70.9 Å². The van der Waals surface area contributed by atoms with Gasteiger partial charge in [-0.05, 0) is 43.2 Å². The molecule has 130 valence electrons. The summed E-state index contributed by atoms with van der Waals surface area (Å²) in [5.41, 5.74) is 2.72. The smallest absolute Gasteiger partial charge is 0.271 e. The number of nitrogens with one attached hydrogen (secondary N) is 1. The van der Waals surface area contributed by atoms with E-state index in [1.165, 1.54) is 20.1 Å². The first-order chi connectivity index (χ1) is 11.9. The number of hydrazone groups is 1. The minimum Gasteiger partial charge on any atom is -0.490 e. The number of benzene rings is 2. The molecular formula is C20H22N2O3. The van der Waals surface area contributed by atoms with Crippen LogP contribution in [0.4, 0.5) is 0 Å². The fourth-order valence-corrected chi connectivity index (χ4v) is 1.88. The van der Waals surface area contributed by atoms with Crippen molar-refractivity contribution in [1.82, 2.24) is 5.43 Å². The molecule has 0 spiro atoms. The Morgan fingerprint density at radius 3 is 2.60 bits per heavy atom. The largest absolute Gasteiger partial charge is 0.490 e. The van der Waals surface area contributed by atoms with Crippen molar-refractivity contribution in [1.29, 1.82) is 0 Å². The van der Waals surface area contributed by atoms with Crippen LogP contribution in [-0.4, -0.2) is 29.4 Å². The predicted molar refractivity (Wildman–Crippen MR) is 99.4 cm³/mol. The summed E-state index contributed by atoms with van der Waals surface area (Å²) in [6.07, 6.45) is 5.44. The van der Waals surface area contributed by atoms with E-state index in [1.807, 2.05) is 66.7 Å². The summed E-state index contributed by atoms with van der Waals surface area (Å²) in [5, 5.41) is 13.3. The van der Waals surface area contributed by atoms with Gasteiger partial charge < -0.3 is 9.84 Å². The van der Waals surface area contributed by atoms with Gasteiger partial charge in [-0.25, -0.2) is 5.43 Å². The van der Waals surface area contributed by atoms with Gasteiger partial charge in [0.15, 0.2) is 0 Å². The monoisotopic (exact) mass is 338 g/mol. The summed E-state index contributed by atoms with van der Waals surface area (Å²) >= 11 is 0. The summed E-state index contributed by atoms with van der Waals surface area (Å²) in [4.78, 5) is 11.5. The molecule has 5 heteroatoms. The standard InChI is InChI=1S/C20H22N2O3/c1-20(2,24)19(23)22-21-15-17-10-6-12-18(14-17)25-13-7-11-16-8-4-3-5-9-16/h3-12,14-15,24H,13H2,1-2H3,(H,22,23)/b11-7+,21-15-. The van der Waals surface area contributed by atoms with Crippen LogP contribution in [0.5, 0.6) is 5.75 Å². The van der Waals surface area contributed by atoms with Crippen molar-refractivity contribution in [2.24, 2.45) is 5.10 Å². The quantitative estimate of drug-likeness (QED) is 0.602. The Morgan fingerprint density at radius 1 is 1.16 bits per heavy atom. The maximum Gasteiger partial charge on any atom is 0.271 e. The molecule has 0 atom stereocenters. The minimum atomic E-state index is -1.46. The van der Waals surface area contributed by atoms with Gasteiger partial charge in [-0.2, -0.15) is 5.10 Å². The molecule has 25 heavy (non-hydrogen) atoms. The molecule has 0 aliphatic carbocycles. The van der Waals surface area contributed by atoms with Crippen LogP contribution in [0.1, 0.15) is 25.0 Å². The molecule has 0 heterocycles. The molecule has 2 aromatic rings. The Labute approximate surface area is 147 Å². The molecule has 0 unspecified atom stereocenters. The summed E-state index contributed by atoms with van der Waals surface area (Å²) in [5.74, 6) is 0.137. The van der Waals surface area contributed by atoms with Crippen molar-refractivity contribution >= 4 is 18.2 Å². The van der Waals surface area contributed by atoms with E-state index in [0.29, 0.717) is 12.4 Å². The summed E-state index contributed by atoms with van der Waals surface area (Å²) in [6.45, 7) is 3.25. The molecule has 0 saturated heterocycles. The van der Waals surface area contributed by atoms with Crippen molar-refractivity contribution in [3.8, 4) is 5.75 Å². The molecule has 5 nitrogen and oxygen atoms in total. The zero-order valence-corrected chi connectivity index (χ0v) is 14.3. The lowest BCUT2D eigenvalue weighted by atomic mass is 10.1. The number of hydrogen-bond donors (Lipinski definition) is 2. The summed E-state index contributed by atoms with van der Waals surface area (Å²) in [7, 11) is 0. The SMILES string of the molecule is CC(C)(O)C(=O)N/N=C\c1cccc(OC/C=C/c2ccccc2)c1. The van der Waals surface area contributed by atoms with Gasteiger partial charge in [-0.3, -0.25) is 4.79 Å². The highest BCUT2D eigenvalue weighted by Gasteiger charge is 2.22.